The lowest BCUT2D eigenvalue weighted by molar-refractivity contribution is 1.16. The fourth-order valence-electron chi connectivity index (χ4n) is 1.67. The van der Waals surface area contributed by atoms with Crippen LogP contribution in [0.5, 0.6) is 0 Å². The summed E-state index contributed by atoms with van der Waals surface area (Å²) in [7, 11) is 0. The number of halogens is 1. The number of rotatable bonds is 2. The number of amidine groups is 2. The highest BCUT2D eigenvalue weighted by atomic mass is 127. The van der Waals surface area contributed by atoms with Crippen LogP contribution in [0, 0.1) is 0 Å². The Morgan fingerprint density at radius 1 is 1.17 bits per heavy atom. The zero-order chi connectivity index (χ0) is 12.4. The van der Waals surface area contributed by atoms with Crippen molar-refractivity contribution in [3.8, 4) is 0 Å². The predicted molar refractivity (Wildman–Crippen MR) is 86.3 cm³/mol. The molecule has 0 aromatic heterocycles. The Kier molecular flexibility index (Phi) is 3.55. The van der Waals surface area contributed by atoms with E-state index in [0.29, 0.717) is 0 Å². The monoisotopic (exact) mass is 368 g/mol. The third kappa shape index (κ3) is 2.54. The normalized spacial score (nSPS) is 21.2. The van der Waals surface area contributed by atoms with Crippen molar-refractivity contribution < 1.29 is 0 Å². The lowest BCUT2D eigenvalue weighted by atomic mass is 10.2. The van der Waals surface area contributed by atoms with Gasteiger partial charge in [-0.2, -0.15) is 0 Å². The van der Waals surface area contributed by atoms with Gasteiger partial charge in [0, 0.05) is 28.3 Å². The van der Waals surface area contributed by atoms with E-state index in [1.807, 2.05) is 18.2 Å². The molecule has 0 saturated heterocycles. The highest BCUT2D eigenvalue weighted by molar-refractivity contribution is 14.1. The van der Waals surface area contributed by atoms with Crippen LogP contribution in [0.3, 0.4) is 0 Å². The Morgan fingerprint density at radius 3 is 2.83 bits per heavy atom. The molecule has 4 nitrogen and oxygen atoms in total. The van der Waals surface area contributed by atoms with Crippen LogP contribution >= 0.6 is 34.4 Å². The Hall–Kier alpha value is -1.02. The Morgan fingerprint density at radius 2 is 2.00 bits per heavy atom. The summed E-state index contributed by atoms with van der Waals surface area (Å²) in [6.07, 6.45) is 1.57. The largest absolute Gasteiger partial charge is 0.255 e. The van der Waals surface area contributed by atoms with Gasteiger partial charge in [-0.05, 0) is 5.56 Å². The van der Waals surface area contributed by atoms with Crippen molar-refractivity contribution in [1.82, 2.24) is 0 Å². The van der Waals surface area contributed by atoms with Gasteiger partial charge in [-0.1, -0.05) is 30.3 Å². The molecule has 1 aromatic carbocycles. The first-order valence-corrected chi connectivity index (χ1v) is 7.48. The minimum Gasteiger partial charge on any atom is -0.255 e. The molecule has 0 radical (unpaired) electrons. The van der Waals surface area contributed by atoms with E-state index in [2.05, 4.69) is 54.7 Å². The molecular weight excluding hydrogens is 359 g/mol. The Balaban J connectivity index is 1.75. The fraction of sp³-hybridized carbons (Fsp3) is 0.167. The van der Waals surface area contributed by atoms with Gasteiger partial charge in [-0.15, -0.1) is 11.8 Å². The maximum Gasteiger partial charge on any atom is 0.193 e. The van der Waals surface area contributed by atoms with Gasteiger partial charge in [0.25, 0.3) is 0 Å². The van der Waals surface area contributed by atoms with Crippen LogP contribution in [0.25, 0.3) is 0 Å². The van der Waals surface area contributed by atoms with Gasteiger partial charge in [-0.3, -0.25) is 4.99 Å². The fourth-order valence-corrected chi connectivity index (χ4v) is 3.33. The summed E-state index contributed by atoms with van der Waals surface area (Å²) < 4.78 is 0.726. The number of thioether (sulfide) groups is 1. The molecule has 90 valence electrons. The van der Waals surface area contributed by atoms with E-state index in [1.54, 1.807) is 18.1 Å². The second-order valence-corrected chi connectivity index (χ2v) is 5.72. The first kappa shape index (κ1) is 12.0. The second-order valence-electron chi connectivity index (χ2n) is 3.76. The minimum atomic E-state index is -0.0859. The van der Waals surface area contributed by atoms with E-state index in [1.165, 1.54) is 5.56 Å². The average Bonchev–Trinajstić information content (AvgIpc) is 2.85. The quantitative estimate of drug-likeness (QED) is 0.585. The van der Waals surface area contributed by atoms with Crippen molar-refractivity contribution in [2.45, 2.75) is 11.8 Å². The summed E-state index contributed by atoms with van der Waals surface area (Å²) in [5.41, 5.74) is 1.28. The highest BCUT2D eigenvalue weighted by Gasteiger charge is 2.28. The number of aliphatic imine (C=N–C) groups is 4. The van der Waals surface area contributed by atoms with Crippen LogP contribution < -0.4 is 0 Å². The third-order valence-corrected chi connectivity index (χ3v) is 4.09. The number of fused-ring (bicyclic) bond motifs is 1. The highest BCUT2D eigenvalue weighted by Crippen LogP contribution is 2.23. The average molecular weight is 368 g/mol. The number of nitrogens with zero attached hydrogens (tertiary/aromatic N) is 4. The molecule has 0 saturated carbocycles. The predicted octanol–water partition coefficient (Wildman–Crippen LogP) is 2.93. The first-order chi connectivity index (χ1) is 8.83. The molecule has 0 amide bonds. The Labute approximate surface area is 123 Å². The van der Waals surface area contributed by atoms with Crippen molar-refractivity contribution in [2.24, 2.45) is 20.0 Å². The molecule has 1 aromatic rings. The van der Waals surface area contributed by atoms with Crippen LogP contribution in [0.1, 0.15) is 5.56 Å². The smallest absolute Gasteiger partial charge is 0.193 e. The third-order valence-electron chi connectivity index (χ3n) is 2.52. The maximum absolute atomic E-state index is 4.46. The summed E-state index contributed by atoms with van der Waals surface area (Å²) in [5.74, 6) is 1.65. The van der Waals surface area contributed by atoms with Crippen molar-refractivity contribution in [2.75, 3.05) is 0 Å². The number of hydrogen-bond acceptors (Lipinski definition) is 5. The lowest BCUT2D eigenvalue weighted by Gasteiger charge is -2.14. The van der Waals surface area contributed by atoms with Crippen LogP contribution in [-0.2, 0) is 5.75 Å². The van der Waals surface area contributed by atoms with Crippen molar-refractivity contribution in [3.05, 3.63) is 35.9 Å². The maximum atomic E-state index is 4.46. The molecule has 0 bridgehead atoms. The van der Waals surface area contributed by atoms with E-state index in [0.717, 1.165) is 20.5 Å². The second kappa shape index (κ2) is 5.31. The summed E-state index contributed by atoms with van der Waals surface area (Å²) in [6, 6.07) is 10.3. The summed E-state index contributed by atoms with van der Waals surface area (Å²) in [5, 5.41) is 0.978. The van der Waals surface area contributed by atoms with E-state index < -0.39 is 0 Å². The molecule has 18 heavy (non-hydrogen) atoms. The van der Waals surface area contributed by atoms with E-state index in [9.17, 15) is 0 Å². The molecule has 2 aliphatic rings. The number of hydrogen-bond donors (Lipinski definition) is 0. The van der Waals surface area contributed by atoms with Crippen LogP contribution in [0.4, 0.5) is 0 Å². The van der Waals surface area contributed by atoms with Gasteiger partial charge in [0.1, 0.15) is 11.4 Å². The van der Waals surface area contributed by atoms with Gasteiger partial charge < -0.3 is 0 Å². The number of benzene rings is 1. The molecule has 2 aliphatic heterocycles. The molecule has 0 spiro atoms. The molecule has 0 aliphatic carbocycles. The molecule has 1 atom stereocenters. The van der Waals surface area contributed by atoms with Crippen molar-refractivity contribution >= 4 is 55.4 Å². The van der Waals surface area contributed by atoms with Gasteiger partial charge >= 0.3 is 0 Å². The first-order valence-electron chi connectivity index (χ1n) is 5.42. The topological polar surface area (TPSA) is 49.4 Å². The molecule has 2 heterocycles. The SMILES string of the molecule is IC1=NC2=NC=NC2C(SCc2ccccc2)=N1. The standard InChI is InChI=1S/C12H9IN4S/c13-12-16-10-9(14-7-15-10)11(17-12)18-6-8-4-2-1-3-5-8/h1-5,7,9H,6H2. The molecule has 0 fully saturated rings. The molecule has 0 N–H and O–H groups in total. The minimum absolute atomic E-state index is 0.0859. The molecule has 6 heteroatoms. The van der Waals surface area contributed by atoms with E-state index in [4.69, 9.17) is 0 Å². The van der Waals surface area contributed by atoms with Crippen LogP contribution in [0.2, 0.25) is 0 Å². The Bertz CT molecular complexity index is 577. The van der Waals surface area contributed by atoms with Gasteiger partial charge in [0.05, 0.1) is 0 Å². The molecule has 3 rings (SSSR count). The summed E-state index contributed by atoms with van der Waals surface area (Å²) >= 11 is 3.82. The summed E-state index contributed by atoms with van der Waals surface area (Å²) in [4.78, 5) is 17.2. The summed E-state index contributed by atoms with van der Waals surface area (Å²) in [6.45, 7) is 0. The zero-order valence-electron chi connectivity index (χ0n) is 9.32. The van der Waals surface area contributed by atoms with Gasteiger partial charge in [0.2, 0.25) is 0 Å². The zero-order valence-corrected chi connectivity index (χ0v) is 12.3. The lowest BCUT2D eigenvalue weighted by Crippen LogP contribution is -2.27. The van der Waals surface area contributed by atoms with Crippen molar-refractivity contribution in [3.63, 3.8) is 0 Å². The van der Waals surface area contributed by atoms with Crippen LogP contribution in [-0.4, -0.2) is 27.1 Å². The molecular formula is C12H9IN4S. The van der Waals surface area contributed by atoms with E-state index in [-0.39, 0.29) is 6.04 Å². The molecule has 1 unspecified atom stereocenters. The van der Waals surface area contributed by atoms with Crippen molar-refractivity contribution in [1.29, 1.82) is 0 Å². The van der Waals surface area contributed by atoms with Crippen LogP contribution in [0.15, 0.2) is 50.3 Å². The van der Waals surface area contributed by atoms with Gasteiger partial charge in [0.15, 0.2) is 15.7 Å². The van der Waals surface area contributed by atoms with Gasteiger partial charge in [-0.25, -0.2) is 15.0 Å². The van der Waals surface area contributed by atoms with E-state index >= 15 is 0 Å².